The van der Waals surface area contributed by atoms with Gasteiger partial charge >= 0.3 is 0 Å². The minimum atomic E-state index is 0.145. The van der Waals surface area contributed by atoms with Gasteiger partial charge in [-0.2, -0.15) is 5.10 Å². The summed E-state index contributed by atoms with van der Waals surface area (Å²) in [5.74, 6) is 0. The molecule has 0 atom stereocenters. The van der Waals surface area contributed by atoms with Crippen LogP contribution in [0.15, 0.2) is 30.5 Å². The summed E-state index contributed by atoms with van der Waals surface area (Å²) in [6, 6.07) is 8.86. The monoisotopic (exact) mass is 340 g/mol. The zero-order valence-corrected chi connectivity index (χ0v) is 14.5. The summed E-state index contributed by atoms with van der Waals surface area (Å²) < 4.78 is 0. The number of nitrogens with one attached hydrogen (secondary N) is 1. The topological polar surface area (TPSA) is 67.6 Å². The van der Waals surface area contributed by atoms with Crippen LogP contribution in [0, 0.1) is 0 Å². The third-order valence-corrected chi connectivity index (χ3v) is 5.71. The van der Waals surface area contributed by atoms with Gasteiger partial charge in [-0.25, -0.2) is 4.98 Å². The molecule has 1 aliphatic rings. The van der Waals surface area contributed by atoms with Crippen molar-refractivity contribution in [3.63, 3.8) is 0 Å². The molecular formula is C19H21ClN4. The van der Waals surface area contributed by atoms with Crippen LogP contribution in [0.5, 0.6) is 0 Å². The number of rotatable bonds is 4. The average Bonchev–Trinajstić information content (AvgIpc) is 2.95. The lowest BCUT2D eigenvalue weighted by Gasteiger charge is -2.42. The van der Waals surface area contributed by atoms with E-state index in [0.29, 0.717) is 17.3 Å². The number of aromatic amines is 1. The number of aryl methyl sites for hydroxylation is 1. The summed E-state index contributed by atoms with van der Waals surface area (Å²) in [5, 5.41) is 8.42. The second-order valence-corrected chi connectivity index (χ2v) is 7.08. The second kappa shape index (κ2) is 5.87. The highest BCUT2D eigenvalue weighted by Crippen LogP contribution is 2.44. The predicted molar refractivity (Wildman–Crippen MR) is 98.3 cm³/mol. The first-order valence-electron chi connectivity index (χ1n) is 8.50. The molecule has 1 aromatic carbocycles. The van der Waals surface area contributed by atoms with Crippen molar-refractivity contribution < 1.29 is 0 Å². The van der Waals surface area contributed by atoms with E-state index < -0.39 is 0 Å². The molecule has 24 heavy (non-hydrogen) atoms. The van der Waals surface area contributed by atoms with Gasteiger partial charge in [-0.1, -0.05) is 43.1 Å². The molecule has 0 amide bonds. The Bertz CT molecular complexity index is 890. The number of halogens is 1. The largest absolute Gasteiger partial charge is 0.330 e. The van der Waals surface area contributed by atoms with Crippen LogP contribution in [-0.2, 0) is 11.8 Å². The standard InChI is InChI=1S/C19H21ClN4/c1-2-12-8-13(10-14(9-12)19(11-21)5-3-6-19)15-4-7-22-18-16(15)17(20)23-24-18/h4,7-10H,2-3,5-6,11,21H2,1H3,(H,22,23,24). The molecule has 0 bridgehead atoms. The molecule has 0 spiro atoms. The lowest BCUT2D eigenvalue weighted by Crippen LogP contribution is -2.41. The van der Waals surface area contributed by atoms with Crippen molar-refractivity contribution in [3.8, 4) is 11.1 Å². The summed E-state index contributed by atoms with van der Waals surface area (Å²) in [7, 11) is 0. The molecule has 0 aliphatic heterocycles. The van der Waals surface area contributed by atoms with Gasteiger partial charge < -0.3 is 5.73 Å². The van der Waals surface area contributed by atoms with Gasteiger partial charge in [0.25, 0.3) is 0 Å². The van der Waals surface area contributed by atoms with Crippen molar-refractivity contribution in [2.75, 3.05) is 6.54 Å². The second-order valence-electron chi connectivity index (χ2n) is 6.70. The fourth-order valence-corrected chi connectivity index (χ4v) is 3.95. The Kier molecular flexibility index (Phi) is 3.82. The first kappa shape index (κ1) is 15.6. The van der Waals surface area contributed by atoms with E-state index in [-0.39, 0.29) is 5.41 Å². The van der Waals surface area contributed by atoms with Crippen molar-refractivity contribution in [1.29, 1.82) is 0 Å². The molecule has 5 heteroatoms. The smallest absolute Gasteiger partial charge is 0.183 e. The van der Waals surface area contributed by atoms with Gasteiger partial charge in [0.2, 0.25) is 0 Å². The highest BCUT2D eigenvalue weighted by atomic mass is 35.5. The third kappa shape index (κ3) is 2.33. The number of aromatic nitrogens is 3. The number of H-pyrrole nitrogens is 1. The van der Waals surface area contributed by atoms with Gasteiger partial charge in [0, 0.05) is 18.2 Å². The van der Waals surface area contributed by atoms with Gasteiger partial charge in [-0.3, -0.25) is 5.10 Å². The minimum Gasteiger partial charge on any atom is -0.330 e. The quantitative estimate of drug-likeness (QED) is 0.747. The number of hydrogen-bond donors (Lipinski definition) is 2. The predicted octanol–water partition coefficient (Wildman–Crippen LogP) is 4.22. The molecule has 3 N–H and O–H groups in total. The maximum absolute atomic E-state index is 6.32. The lowest BCUT2D eigenvalue weighted by atomic mass is 9.64. The molecule has 0 radical (unpaired) electrons. The Balaban J connectivity index is 1.93. The Hall–Kier alpha value is -1.91. The first-order valence-corrected chi connectivity index (χ1v) is 8.88. The maximum Gasteiger partial charge on any atom is 0.183 e. The first-order chi connectivity index (χ1) is 11.7. The number of nitrogens with zero attached hydrogens (tertiary/aromatic N) is 2. The Morgan fingerprint density at radius 2 is 2.12 bits per heavy atom. The molecule has 1 saturated carbocycles. The van der Waals surface area contributed by atoms with E-state index in [2.05, 4.69) is 40.3 Å². The summed E-state index contributed by atoms with van der Waals surface area (Å²) in [5.41, 5.74) is 11.8. The van der Waals surface area contributed by atoms with Crippen molar-refractivity contribution >= 4 is 22.6 Å². The van der Waals surface area contributed by atoms with Gasteiger partial charge in [0.1, 0.15) is 5.15 Å². The van der Waals surface area contributed by atoms with E-state index in [4.69, 9.17) is 17.3 Å². The van der Waals surface area contributed by atoms with Crippen LogP contribution >= 0.6 is 11.6 Å². The number of benzene rings is 1. The average molecular weight is 341 g/mol. The number of nitrogens with two attached hydrogens (primary N) is 1. The molecule has 1 aliphatic carbocycles. The molecule has 124 valence electrons. The Labute approximate surface area is 146 Å². The van der Waals surface area contributed by atoms with Crippen LogP contribution in [0.4, 0.5) is 0 Å². The van der Waals surface area contributed by atoms with E-state index in [1.165, 1.54) is 36.0 Å². The van der Waals surface area contributed by atoms with Gasteiger partial charge in [-0.05, 0) is 47.6 Å². The highest BCUT2D eigenvalue weighted by molar-refractivity contribution is 6.35. The molecule has 0 saturated heterocycles. The van der Waals surface area contributed by atoms with Crippen LogP contribution in [0.3, 0.4) is 0 Å². The molecule has 3 aromatic rings. The third-order valence-electron chi connectivity index (χ3n) is 5.44. The molecule has 1 fully saturated rings. The molecule has 4 nitrogen and oxygen atoms in total. The van der Waals surface area contributed by atoms with E-state index in [0.717, 1.165) is 17.4 Å². The summed E-state index contributed by atoms with van der Waals surface area (Å²) >= 11 is 6.32. The number of hydrogen-bond acceptors (Lipinski definition) is 3. The van der Waals surface area contributed by atoms with Crippen molar-refractivity contribution in [1.82, 2.24) is 15.2 Å². The van der Waals surface area contributed by atoms with Crippen molar-refractivity contribution in [3.05, 3.63) is 46.7 Å². The van der Waals surface area contributed by atoms with E-state index in [1.807, 2.05) is 6.07 Å². The highest BCUT2D eigenvalue weighted by Gasteiger charge is 2.37. The van der Waals surface area contributed by atoms with Crippen LogP contribution in [-0.4, -0.2) is 21.7 Å². The van der Waals surface area contributed by atoms with E-state index in [1.54, 1.807) is 6.20 Å². The van der Waals surface area contributed by atoms with Crippen LogP contribution in [0.2, 0.25) is 5.15 Å². The Morgan fingerprint density at radius 3 is 2.79 bits per heavy atom. The summed E-state index contributed by atoms with van der Waals surface area (Å²) in [6.07, 6.45) is 6.39. The van der Waals surface area contributed by atoms with Crippen molar-refractivity contribution in [2.45, 2.75) is 38.0 Å². The fourth-order valence-electron chi connectivity index (χ4n) is 3.72. The minimum absolute atomic E-state index is 0.145. The van der Waals surface area contributed by atoms with E-state index in [9.17, 15) is 0 Å². The van der Waals surface area contributed by atoms with Gasteiger partial charge in [0.15, 0.2) is 5.65 Å². The van der Waals surface area contributed by atoms with Gasteiger partial charge in [0.05, 0.1) is 5.39 Å². The number of fused-ring (bicyclic) bond motifs is 1. The van der Waals surface area contributed by atoms with Gasteiger partial charge in [-0.15, -0.1) is 0 Å². The number of pyridine rings is 1. The summed E-state index contributed by atoms with van der Waals surface area (Å²) in [6.45, 7) is 2.89. The Morgan fingerprint density at radius 1 is 1.29 bits per heavy atom. The zero-order valence-electron chi connectivity index (χ0n) is 13.8. The zero-order chi connectivity index (χ0) is 16.7. The maximum atomic E-state index is 6.32. The SMILES string of the molecule is CCc1cc(-c2ccnc3n[nH]c(Cl)c23)cc(C2(CN)CCC2)c1. The fraction of sp³-hybridized carbons (Fsp3) is 0.368. The molecule has 4 rings (SSSR count). The molecule has 0 unspecified atom stereocenters. The molecule has 2 aromatic heterocycles. The van der Waals surface area contributed by atoms with Crippen LogP contribution < -0.4 is 5.73 Å². The van der Waals surface area contributed by atoms with Crippen molar-refractivity contribution in [2.24, 2.45) is 5.73 Å². The van der Waals surface area contributed by atoms with E-state index >= 15 is 0 Å². The van der Waals surface area contributed by atoms with Crippen LogP contribution in [0.25, 0.3) is 22.2 Å². The lowest BCUT2D eigenvalue weighted by molar-refractivity contribution is 0.253. The van der Waals surface area contributed by atoms with Crippen LogP contribution in [0.1, 0.15) is 37.3 Å². The summed E-state index contributed by atoms with van der Waals surface area (Å²) in [4.78, 5) is 4.30. The molecular weight excluding hydrogens is 320 g/mol. The molecule has 2 heterocycles. The normalized spacial score (nSPS) is 16.3.